The van der Waals surface area contributed by atoms with Crippen LogP contribution >= 0.6 is 0 Å². The second kappa shape index (κ2) is 6.46. The summed E-state index contributed by atoms with van der Waals surface area (Å²) in [4.78, 5) is 5.09. The van der Waals surface area contributed by atoms with Crippen LogP contribution in [0.4, 0.5) is 0 Å². The molecule has 1 aliphatic heterocycles. The average molecular weight is 213 g/mol. The minimum atomic E-state index is 0.716. The van der Waals surface area contributed by atoms with Gasteiger partial charge in [0, 0.05) is 25.2 Å². The van der Waals surface area contributed by atoms with Crippen LogP contribution in [0.25, 0.3) is 0 Å². The highest BCUT2D eigenvalue weighted by molar-refractivity contribution is 4.79. The minimum absolute atomic E-state index is 0.716. The molecule has 0 aromatic rings. The molecule has 0 bridgehead atoms. The van der Waals surface area contributed by atoms with E-state index in [0.717, 1.165) is 12.6 Å². The Morgan fingerprint density at radius 2 is 1.93 bits per heavy atom. The molecule has 1 fully saturated rings. The summed E-state index contributed by atoms with van der Waals surface area (Å²) in [6, 6.07) is 1.52. The Bertz CT molecular complexity index is 162. The van der Waals surface area contributed by atoms with Crippen molar-refractivity contribution in [3.63, 3.8) is 0 Å². The van der Waals surface area contributed by atoms with Gasteiger partial charge in [-0.25, -0.2) is 0 Å². The van der Waals surface area contributed by atoms with Gasteiger partial charge in [0.2, 0.25) is 0 Å². The summed E-state index contributed by atoms with van der Waals surface area (Å²) in [5.41, 5.74) is 0. The quantitative estimate of drug-likeness (QED) is 0.735. The summed E-state index contributed by atoms with van der Waals surface area (Å²) in [5.74, 6) is 0. The first-order valence-corrected chi connectivity index (χ1v) is 6.24. The van der Waals surface area contributed by atoms with Gasteiger partial charge in [0.1, 0.15) is 0 Å². The van der Waals surface area contributed by atoms with E-state index in [4.69, 9.17) is 0 Å². The van der Waals surface area contributed by atoms with Crippen molar-refractivity contribution >= 4 is 0 Å². The lowest BCUT2D eigenvalue weighted by Gasteiger charge is -2.38. The first kappa shape index (κ1) is 12.9. The molecule has 90 valence electrons. The van der Waals surface area contributed by atoms with Gasteiger partial charge < -0.3 is 15.1 Å². The molecule has 0 aliphatic carbocycles. The van der Waals surface area contributed by atoms with Crippen LogP contribution in [0.3, 0.4) is 0 Å². The monoisotopic (exact) mass is 213 g/mol. The van der Waals surface area contributed by atoms with E-state index in [-0.39, 0.29) is 0 Å². The van der Waals surface area contributed by atoms with Crippen LogP contribution in [0.5, 0.6) is 0 Å². The maximum Gasteiger partial charge on any atom is 0.0117 e. The van der Waals surface area contributed by atoms with Crippen LogP contribution in [0.15, 0.2) is 0 Å². The van der Waals surface area contributed by atoms with Crippen molar-refractivity contribution in [1.29, 1.82) is 0 Å². The molecule has 3 heteroatoms. The van der Waals surface area contributed by atoms with Crippen LogP contribution in [-0.4, -0.2) is 62.2 Å². The van der Waals surface area contributed by atoms with E-state index in [1.165, 1.54) is 32.5 Å². The number of likely N-dealkylation sites (tertiary alicyclic amines) is 1. The summed E-state index contributed by atoms with van der Waals surface area (Å²) in [6.45, 7) is 9.40. The number of likely N-dealkylation sites (N-methyl/N-ethyl adjacent to an activating group) is 2. The first-order valence-electron chi connectivity index (χ1n) is 6.24. The van der Waals surface area contributed by atoms with Crippen molar-refractivity contribution in [1.82, 2.24) is 15.1 Å². The normalized spacial score (nSPS) is 20.4. The lowest BCUT2D eigenvalue weighted by atomic mass is 10.0. The number of nitrogens with zero attached hydrogens (tertiary/aromatic N) is 2. The van der Waals surface area contributed by atoms with E-state index in [9.17, 15) is 0 Å². The first-order chi connectivity index (χ1) is 7.15. The van der Waals surface area contributed by atoms with E-state index in [1.54, 1.807) is 0 Å². The molecule has 0 aromatic heterocycles. The predicted molar refractivity (Wildman–Crippen MR) is 66.3 cm³/mol. The fourth-order valence-electron chi connectivity index (χ4n) is 2.31. The summed E-state index contributed by atoms with van der Waals surface area (Å²) in [7, 11) is 4.28. The van der Waals surface area contributed by atoms with E-state index < -0.39 is 0 Å². The van der Waals surface area contributed by atoms with Crippen molar-refractivity contribution in [2.45, 2.75) is 38.8 Å². The third kappa shape index (κ3) is 4.09. The molecule has 0 unspecified atom stereocenters. The summed E-state index contributed by atoms with van der Waals surface area (Å²) in [6.07, 6.45) is 2.66. The van der Waals surface area contributed by atoms with E-state index in [2.05, 4.69) is 36.0 Å². The maximum absolute atomic E-state index is 3.21. The molecule has 0 aromatic carbocycles. The topological polar surface area (TPSA) is 18.5 Å². The Hall–Kier alpha value is -0.120. The minimum Gasteiger partial charge on any atom is -0.318 e. The lowest BCUT2D eigenvalue weighted by molar-refractivity contribution is 0.108. The molecule has 15 heavy (non-hydrogen) atoms. The maximum atomic E-state index is 3.21. The van der Waals surface area contributed by atoms with E-state index in [0.29, 0.717) is 6.04 Å². The molecule has 0 saturated carbocycles. The Morgan fingerprint density at radius 1 is 1.33 bits per heavy atom. The highest BCUT2D eigenvalue weighted by Gasteiger charge is 2.22. The smallest absolute Gasteiger partial charge is 0.0117 e. The molecule has 1 rings (SSSR count). The van der Waals surface area contributed by atoms with Crippen molar-refractivity contribution in [3.8, 4) is 0 Å². The SMILES string of the molecule is CNCCN(C)C1CCN(C(C)C)CC1. The van der Waals surface area contributed by atoms with Crippen LogP contribution in [0.1, 0.15) is 26.7 Å². The van der Waals surface area contributed by atoms with Crippen LogP contribution in [0, 0.1) is 0 Å². The van der Waals surface area contributed by atoms with Crippen LogP contribution in [-0.2, 0) is 0 Å². The second-order valence-electron chi connectivity index (χ2n) is 4.95. The Morgan fingerprint density at radius 3 is 2.40 bits per heavy atom. The molecule has 1 heterocycles. The average Bonchev–Trinajstić information content (AvgIpc) is 2.26. The molecule has 0 amide bonds. The Balaban J connectivity index is 2.24. The second-order valence-corrected chi connectivity index (χ2v) is 4.95. The fourth-order valence-corrected chi connectivity index (χ4v) is 2.31. The predicted octanol–water partition coefficient (Wildman–Crippen LogP) is 1.01. The van der Waals surface area contributed by atoms with Gasteiger partial charge in [-0.3, -0.25) is 0 Å². The molecule has 1 saturated heterocycles. The van der Waals surface area contributed by atoms with Gasteiger partial charge in [0.25, 0.3) is 0 Å². The molecule has 1 aliphatic rings. The Labute approximate surface area is 94.8 Å². The van der Waals surface area contributed by atoms with Crippen molar-refractivity contribution in [3.05, 3.63) is 0 Å². The van der Waals surface area contributed by atoms with Gasteiger partial charge in [-0.1, -0.05) is 0 Å². The number of hydrogen-bond acceptors (Lipinski definition) is 3. The fraction of sp³-hybridized carbons (Fsp3) is 1.00. The number of nitrogens with one attached hydrogen (secondary N) is 1. The zero-order valence-electron chi connectivity index (χ0n) is 10.8. The van der Waals surface area contributed by atoms with Gasteiger partial charge in [0.15, 0.2) is 0 Å². The summed E-state index contributed by atoms with van der Waals surface area (Å²) >= 11 is 0. The van der Waals surface area contributed by atoms with Crippen molar-refractivity contribution < 1.29 is 0 Å². The highest BCUT2D eigenvalue weighted by Crippen LogP contribution is 2.16. The lowest BCUT2D eigenvalue weighted by Crippen LogP contribution is -2.46. The van der Waals surface area contributed by atoms with E-state index >= 15 is 0 Å². The molecule has 0 spiro atoms. The standard InChI is InChI=1S/C12H27N3/c1-11(2)15-8-5-12(6-9-15)14(4)10-7-13-3/h11-13H,5-10H2,1-4H3. The van der Waals surface area contributed by atoms with Crippen LogP contribution in [0.2, 0.25) is 0 Å². The summed E-state index contributed by atoms with van der Waals surface area (Å²) in [5, 5.41) is 3.21. The third-order valence-corrected chi connectivity index (χ3v) is 3.57. The zero-order valence-corrected chi connectivity index (χ0v) is 10.8. The van der Waals surface area contributed by atoms with Crippen LogP contribution < -0.4 is 5.32 Å². The van der Waals surface area contributed by atoms with Gasteiger partial charge in [0.05, 0.1) is 0 Å². The number of hydrogen-bond donors (Lipinski definition) is 1. The molecular formula is C12H27N3. The third-order valence-electron chi connectivity index (χ3n) is 3.57. The molecule has 3 nitrogen and oxygen atoms in total. The summed E-state index contributed by atoms with van der Waals surface area (Å²) < 4.78 is 0. The largest absolute Gasteiger partial charge is 0.318 e. The number of rotatable bonds is 5. The Kier molecular flexibility index (Phi) is 5.58. The van der Waals surface area contributed by atoms with Crippen molar-refractivity contribution in [2.24, 2.45) is 0 Å². The van der Waals surface area contributed by atoms with Crippen molar-refractivity contribution in [2.75, 3.05) is 40.3 Å². The number of piperidine rings is 1. The molecule has 0 radical (unpaired) electrons. The molecule has 0 atom stereocenters. The van der Waals surface area contributed by atoms with Gasteiger partial charge in [-0.05, 0) is 53.9 Å². The van der Waals surface area contributed by atoms with Gasteiger partial charge in [-0.2, -0.15) is 0 Å². The molecule has 1 N–H and O–H groups in total. The highest BCUT2D eigenvalue weighted by atomic mass is 15.2. The van der Waals surface area contributed by atoms with Gasteiger partial charge in [-0.15, -0.1) is 0 Å². The van der Waals surface area contributed by atoms with E-state index in [1.807, 2.05) is 7.05 Å². The zero-order chi connectivity index (χ0) is 11.3. The van der Waals surface area contributed by atoms with Gasteiger partial charge >= 0.3 is 0 Å². The molecular weight excluding hydrogens is 186 g/mol.